The number of piperazine rings is 1. The smallest absolute Gasteiger partial charge is 0.216 e. The van der Waals surface area contributed by atoms with Gasteiger partial charge >= 0.3 is 0 Å². The third-order valence-electron chi connectivity index (χ3n) is 7.53. The van der Waals surface area contributed by atoms with Crippen molar-refractivity contribution in [3.63, 3.8) is 0 Å². The van der Waals surface area contributed by atoms with E-state index in [1.165, 1.54) is 16.9 Å². The molecule has 0 aromatic heterocycles. The van der Waals surface area contributed by atoms with E-state index >= 15 is 0 Å². The molecule has 2 aliphatic heterocycles. The van der Waals surface area contributed by atoms with Crippen LogP contribution >= 0.6 is 11.6 Å². The number of hydrogen-bond donors (Lipinski definition) is 2. The van der Waals surface area contributed by atoms with E-state index in [0.717, 1.165) is 48.9 Å². The number of nitrogens with two attached hydrogens (primary N) is 1. The molecule has 1 saturated heterocycles. The molecule has 0 amide bonds. The number of anilines is 3. The van der Waals surface area contributed by atoms with E-state index in [2.05, 4.69) is 65.4 Å². The first-order chi connectivity index (χ1) is 18.0. The van der Waals surface area contributed by atoms with Gasteiger partial charge in [-0.15, -0.1) is 0 Å². The molecule has 0 spiro atoms. The predicted molar refractivity (Wildman–Crippen MR) is 155 cm³/mol. The zero-order valence-corrected chi connectivity index (χ0v) is 23.2. The first kappa shape index (κ1) is 26.5. The number of sulfonamides is 1. The summed E-state index contributed by atoms with van der Waals surface area (Å²) in [7, 11) is -3.87. The number of rotatable bonds is 6. The Bertz CT molecular complexity index is 1450. The summed E-state index contributed by atoms with van der Waals surface area (Å²) in [5, 5.41) is 9.51. The van der Waals surface area contributed by atoms with Gasteiger partial charge in [0.1, 0.15) is 5.75 Å². The van der Waals surface area contributed by atoms with E-state index in [4.69, 9.17) is 16.7 Å². The lowest BCUT2D eigenvalue weighted by molar-refractivity contribution is 0.102. The maximum Gasteiger partial charge on any atom is 0.216 e. The number of nitrogens with zero attached hydrogens (tertiary/aromatic N) is 2. The molecule has 0 bridgehead atoms. The molecule has 1 unspecified atom stereocenters. The topological polar surface area (TPSA) is 95.7 Å². The number of ketones is 1. The van der Waals surface area contributed by atoms with E-state index in [1.54, 1.807) is 12.1 Å². The molecule has 1 fully saturated rings. The molecule has 7 nitrogen and oxygen atoms in total. The molecular weight excluding hydrogens is 520 g/mol. The lowest BCUT2D eigenvalue weighted by Gasteiger charge is -2.42. The maximum atomic E-state index is 12.4. The number of hydrogen-bond acceptors (Lipinski definition) is 6. The number of Topliss-reactive ketones (excluding diaryl/α,β-unsaturated/α-hetero) is 1. The zero-order valence-electron chi connectivity index (χ0n) is 21.7. The van der Waals surface area contributed by atoms with Crippen LogP contribution in [0.2, 0.25) is 5.02 Å². The van der Waals surface area contributed by atoms with Crippen LogP contribution in [0.25, 0.3) is 0 Å². The molecule has 2 heterocycles. The van der Waals surface area contributed by atoms with Crippen molar-refractivity contribution in [1.82, 2.24) is 0 Å². The molecule has 1 atom stereocenters. The number of carbonyl (C=O) groups is 1. The Kier molecular flexibility index (Phi) is 7.15. The summed E-state index contributed by atoms with van der Waals surface area (Å²) < 4.78 is 22.8. The minimum absolute atomic E-state index is 0.0799. The maximum absolute atomic E-state index is 12.4. The third-order valence-corrected chi connectivity index (χ3v) is 8.44. The van der Waals surface area contributed by atoms with Crippen LogP contribution in [0, 0.1) is 5.41 Å². The van der Waals surface area contributed by atoms with Crippen LogP contribution in [0.5, 0.6) is 0 Å². The van der Waals surface area contributed by atoms with Crippen LogP contribution in [0.4, 0.5) is 17.1 Å². The van der Waals surface area contributed by atoms with Gasteiger partial charge in [0, 0.05) is 53.8 Å². The van der Waals surface area contributed by atoms with Gasteiger partial charge in [-0.3, -0.25) is 4.79 Å². The quantitative estimate of drug-likeness (QED) is 0.423. The van der Waals surface area contributed by atoms with Crippen LogP contribution in [0.3, 0.4) is 0 Å². The molecule has 9 heteroatoms. The van der Waals surface area contributed by atoms with Crippen molar-refractivity contribution in [3.05, 3.63) is 88.4 Å². The number of primary sulfonamides is 1. The molecule has 0 saturated carbocycles. The Hall–Kier alpha value is -3.07. The number of nitrogens with one attached hydrogen (secondary N) is 1. The zero-order chi connectivity index (χ0) is 27.1. The van der Waals surface area contributed by atoms with E-state index < -0.39 is 21.6 Å². The summed E-state index contributed by atoms with van der Waals surface area (Å²) in [6, 6.07) is 22.2. The molecule has 38 heavy (non-hydrogen) atoms. The minimum Gasteiger partial charge on any atom is -0.377 e. The predicted octanol–water partition coefficient (Wildman–Crippen LogP) is 4.87. The van der Waals surface area contributed by atoms with Crippen LogP contribution in [-0.4, -0.2) is 46.1 Å². The Morgan fingerprint density at radius 3 is 2.29 bits per heavy atom. The standard InChI is InChI=1S/C29H33ClN4O3S/c1-29(2)18-22-16-20(27(35)19-38(31,36)37)6-11-26(22)32-28(29)21-4-3-5-25(17-21)34-14-12-33(13-15-34)24-9-7-23(30)8-10-24/h3-11,16-17,28,32H,12-15,18-19H2,1-2H3,(H2,31,36,37). The van der Waals surface area contributed by atoms with Crippen molar-refractivity contribution in [2.75, 3.05) is 47.0 Å². The van der Waals surface area contributed by atoms with Crippen LogP contribution in [-0.2, 0) is 16.4 Å². The Balaban J connectivity index is 1.31. The summed E-state index contributed by atoms with van der Waals surface area (Å²) in [6.45, 7) is 8.18. The second-order valence-electron chi connectivity index (χ2n) is 10.9. The fraction of sp³-hybridized carbons (Fsp3) is 0.345. The van der Waals surface area contributed by atoms with Crippen LogP contribution in [0.1, 0.15) is 41.4 Å². The number of benzene rings is 3. The molecule has 0 radical (unpaired) electrons. The van der Waals surface area contributed by atoms with Gasteiger partial charge in [0.2, 0.25) is 10.0 Å². The van der Waals surface area contributed by atoms with Gasteiger partial charge in [-0.05, 0) is 77.6 Å². The summed E-state index contributed by atoms with van der Waals surface area (Å²) in [5.41, 5.74) is 5.82. The molecule has 3 N–H and O–H groups in total. The molecular formula is C29H33ClN4O3S. The summed E-state index contributed by atoms with van der Waals surface area (Å²) in [6.07, 6.45) is 0.750. The molecule has 200 valence electrons. The van der Waals surface area contributed by atoms with Gasteiger partial charge in [-0.1, -0.05) is 37.6 Å². The average molecular weight is 553 g/mol. The molecule has 5 rings (SSSR count). The third kappa shape index (κ3) is 5.82. The first-order valence-electron chi connectivity index (χ1n) is 12.8. The van der Waals surface area contributed by atoms with Crippen molar-refractivity contribution < 1.29 is 13.2 Å². The highest BCUT2D eigenvalue weighted by atomic mass is 35.5. The lowest BCUT2D eigenvalue weighted by atomic mass is 9.72. The number of fused-ring (bicyclic) bond motifs is 1. The van der Waals surface area contributed by atoms with Crippen LogP contribution in [0.15, 0.2) is 66.7 Å². The Morgan fingerprint density at radius 1 is 0.974 bits per heavy atom. The van der Waals surface area contributed by atoms with Crippen molar-refractivity contribution >= 4 is 44.5 Å². The van der Waals surface area contributed by atoms with E-state index in [9.17, 15) is 13.2 Å². The lowest BCUT2D eigenvalue weighted by Crippen LogP contribution is -2.46. The highest BCUT2D eigenvalue weighted by molar-refractivity contribution is 7.89. The average Bonchev–Trinajstić information content (AvgIpc) is 2.87. The highest BCUT2D eigenvalue weighted by Gasteiger charge is 2.36. The van der Waals surface area contributed by atoms with E-state index in [-0.39, 0.29) is 11.5 Å². The van der Waals surface area contributed by atoms with Crippen molar-refractivity contribution in [3.8, 4) is 0 Å². The monoisotopic (exact) mass is 552 g/mol. The molecule has 2 aliphatic rings. The van der Waals surface area contributed by atoms with E-state index in [1.807, 2.05) is 18.2 Å². The van der Waals surface area contributed by atoms with Gasteiger partial charge in [0.25, 0.3) is 0 Å². The van der Waals surface area contributed by atoms with Gasteiger partial charge in [0.15, 0.2) is 5.78 Å². The van der Waals surface area contributed by atoms with Crippen molar-refractivity contribution in [2.45, 2.75) is 26.3 Å². The molecule has 0 aliphatic carbocycles. The fourth-order valence-electron chi connectivity index (χ4n) is 5.57. The second kappa shape index (κ2) is 10.2. The number of halogens is 1. The highest BCUT2D eigenvalue weighted by Crippen LogP contribution is 2.45. The Morgan fingerprint density at radius 2 is 1.63 bits per heavy atom. The van der Waals surface area contributed by atoms with Gasteiger partial charge < -0.3 is 15.1 Å². The summed E-state index contributed by atoms with van der Waals surface area (Å²) in [5.74, 6) is -1.18. The largest absolute Gasteiger partial charge is 0.377 e. The van der Waals surface area contributed by atoms with E-state index in [0.29, 0.717) is 5.56 Å². The van der Waals surface area contributed by atoms with Crippen LogP contribution < -0.4 is 20.3 Å². The summed E-state index contributed by atoms with van der Waals surface area (Å²) in [4.78, 5) is 17.2. The SMILES string of the molecule is CC1(C)Cc2cc(C(=O)CS(N)(=O)=O)ccc2NC1c1cccc(N2CCN(c3ccc(Cl)cc3)CC2)c1. The fourth-order valence-corrected chi connectivity index (χ4v) is 6.23. The minimum atomic E-state index is -3.87. The second-order valence-corrected chi connectivity index (χ2v) is 12.9. The Labute approximate surface area is 229 Å². The summed E-state index contributed by atoms with van der Waals surface area (Å²) >= 11 is 6.05. The molecule has 3 aromatic carbocycles. The van der Waals surface area contributed by atoms with Crippen molar-refractivity contribution in [2.24, 2.45) is 10.6 Å². The first-order valence-corrected chi connectivity index (χ1v) is 14.9. The molecule has 3 aromatic rings. The van der Waals surface area contributed by atoms with Gasteiger partial charge in [0.05, 0.1) is 6.04 Å². The van der Waals surface area contributed by atoms with Crippen molar-refractivity contribution in [1.29, 1.82) is 0 Å². The number of carbonyl (C=O) groups excluding carboxylic acids is 1. The van der Waals surface area contributed by atoms with Gasteiger partial charge in [-0.25, -0.2) is 13.6 Å². The van der Waals surface area contributed by atoms with Gasteiger partial charge in [-0.2, -0.15) is 0 Å². The normalized spacial score (nSPS) is 19.0.